The van der Waals surface area contributed by atoms with Crippen LogP contribution < -0.4 is 10.1 Å². The number of hydrogen-bond acceptors (Lipinski definition) is 3. The first-order valence-electron chi connectivity index (χ1n) is 5.52. The van der Waals surface area contributed by atoms with Gasteiger partial charge in [-0.15, -0.1) is 0 Å². The highest BCUT2D eigenvalue weighted by Crippen LogP contribution is 2.29. The second-order valence-electron chi connectivity index (χ2n) is 4.06. The molecule has 0 bridgehead atoms. The van der Waals surface area contributed by atoms with Gasteiger partial charge in [0.2, 0.25) is 0 Å². The lowest BCUT2D eigenvalue weighted by Crippen LogP contribution is -2.19. The van der Waals surface area contributed by atoms with Crippen molar-refractivity contribution < 1.29 is 9.47 Å². The van der Waals surface area contributed by atoms with Crippen molar-refractivity contribution >= 4 is 0 Å². The lowest BCUT2D eigenvalue weighted by molar-refractivity contribution is 0.0785. The minimum atomic E-state index is -0.131. The largest absolute Gasteiger partial charge is 0.496 e. The lowest BCUT2D eigenvalue weighted by Gasteiger charge is -2.19. The molecule has 0 amide bonds. The predicted octanol–water partition coefficient (Wildman–Crippen LogP) is 2.68. The SMILES string of the molecule is CNC(OC)c1cc(C(C)C)ccc1OC. The van der Waals surface area contributed by atoms with Crippen LogP contribution in [0.2, 0.25) is 0 Å². The van der Waals surface area contributed by atoms with E-state index in [0.717, 1.165) is 11.3 Å². The first-order chi connectivity index (χ1) is 7.63. The van der Waals surface area contributed by atoms with Gasteiger partial charge in [0.05, 0.1) is 7.11 Å². The van der Waals surface area contributed by atoms with Crippen molar-refractivity contribution in [1.82, 2.24) is 5.32 Å². The van der Waals surface area contributed by atoms with E-state index in [9.17, 15) is 0 Å². The van der Waals surface area contributed by atoms with Crippen LogP contribution in [0.1, 0.15) is 37.1 Å². The van der Waals surface area contributed by atoms with E-state index >= 15 is 0 Å². The number of nitrogens with one attached hydrogen (secondary N) is 1. The minimum Gasteiger partial charge on any atom is -0.496 e. The van der Waals surface area contributed by atoms with Gasteiger partial charge in [0, 0.05) is 12.7 Å². The van der Waals surface area contributed by atoms with Gasteiger partial charge in [0.15, 0.2) is 0 Å². The summed E-state index contributed by atoms with van der Waals surface area (Å²) in [6, 6.07) is 6.22. The van der Waals surface area contributed by atoms with Crippen molar-refractivity contribution in [2.24, 2.45) is 0 Å². The molecule has 1 aromatic carbocycles. The molecule has 0 saturated heterocycles. The Labute approximate surface area is 97.8 Å². The van der Waals surface area contributed by atoms with Crippen LogP contribution in [-0.4, -0.2) is 21.3 Å². The molecule has 0 saturated carbocycles. The lowest BCUT2D eigenvalue weighted by atomic mass is 9.99. The highest BCUT2D eigenvalue weighted by Gasteiger charge is 2.15. The number of ether oxygens (including phenoxy) is 2. The molecule has 3 heteroatoms. The third kappa shape index (κ3) is 2.74. The molecule has 16 heavy (non-hydrogen) atoms. The van der Waals surface area contributed by atoms with Crippen LogP contribution in [0, 0.1) is 0 Å². The highest BCUT2D eigenvalue weighted by atomic mass is 16.5. The van der Waals surface area contributed by atoms with Gasteiger partial charge in [-0.2, -0.15) is 0 Å². The number of methoxy groups -OCH3 is 2. The van der Waals surface area contributed by atoms with Gasteiger partial charge in [-0.05, 0) is 30.7 Å². The van der Waals surface area contributed by atoms with Gasteiger partial charge in [-0.25, -0.2) is 0 Å². The van der Waals surface area contributed by atoms with E-state index < -0.39 is 0 Å². The smallest absolute Gasteiger partial charge is 0.137 e. The quantitative estimate of drug-likeness (QED) is 0.778. The van der Waals surface area contributed by atoms with Crippen LogP contribution in [0.15, 0.2) is 18.2 Å². The van der Waals surface area contributed by atoms with E-state index in [0.29, 0.717) is 5.92 Å². The molecule has 3 nitrogen and oxygen atoms in total. The monoisotopic (exact) mass is 223 g/mol. The van der Waals surface area contributed by atoms with Crippen molar-refractivity contribution in [1.29, 1.82) is 0 Å². The van der Waals surface area contributed by atoms with E-state index in [1.54, 1.807) is 14.2 Å². The zero-order valence-corrected chi connectivity index (χ0v) is 10.7. The van der Waals surface area contributed by atoms with Crippen molar-refractivity contribution in [3.8, 4) is 5.75 Å². The first kappa shape index (κ1) is 13.0. The fourth-order valence-electron chi connectivity index (χ4n) is 1.72. The van der Waals surface area contributed by atoms with Gasteiger partial charge >= 0.3 is 0 Å². The van der Waals surface area contributed by atoms with E-state index in [2.05, 4.69) is 31.3 Å². The predicted molar refractivity (Wildman–Crippen MR) is 65.9 cm³/mol. The first-order valence-corrected chi connectivity index (χ1v) is 5.52. The summed E-state index contributed by atoms with van der Waals surface area (Å²) in [6.45, 7) is 4.35. The molecule has 1 N–H and O–H groups in total. The van der Waals surface area contributed by atoms with Crippen molar-refractivity contribution in [3.63, 3.8) is 0 Å². The van der Waals surface area contributed by atoms with Gasteiger partial charge in [-0.3, -0.25) is 5.32 Å². The van der Waals surface area contributed by atoms with E-state index in [-0.39, 0.29) is 6.23 Å². The maximum absolute atomic E-state index is 5.37. The van der Waals surface area contributed by atoms with Crippen molar-refractivity contribution in [2.75, 3.05) is 21.3 Å². The molecule has 1 unspecified atom stereocenters. The molecule has 0 aliphatic heterocycles. The molecule has 1 atom stereocenters. The van der Waals surface area contributed by atoms with Gasteiger partial charge in [-0.1, -0.05) is 19.9 Å². The summed E-state index contributed by atoms with van der Waals surface area (Å²) in [5.74, 6) is 1.35. The molecule has 0 radical (unpaired) electrons. The van der Waals surface area contributed by atoms with E-state index in [1.807, 2.05) is 13.1 Å². The molecule has 90 valence electrons. The Morgan fingerprint density at radius 3 is 2.31 bits per heavy atom. The average molecular weight is 223 g/mol. The molecule has 0 fully saturated rings. The van der Waals surface area contributed by atoms with Crippen LogP contribution in [0.4, 0.5) is 0 Å². The third-order valence-corrected chi connectivity index (χ3v) is 2.70. The molecule has 0 aliphatic rings. The van der Waals surface area contributed by atoms with Crippen LogP contribution in [0.5, 0.6) is 5.75 Å². The number of hydrogen-bond donors (Lipinski definition) is 1. The van der Waals surface area contributed by atoms with Crippen molar-refractivity contribution in [3.05, 3.63) is 29.3 Å². The van der Waals surface area contributed by atoms with E-state index in [1.165, 1.54) is 5.56 Å². The Kier molecular flexibility index (Phi) is 4.77. The Bertz CT molecular complexity index is 333. The third-order valence-electron chi connectivity index (χ3n) is 2.70. The summed E-state index contributed by atoms with van der Waals surface area (Å²) < 4.78 is 10.7. The molecule has 1 rings (SSSR count). The molecular weight excluding hydrogens is 202 g/mol. The summed E-state index contributed by atoms with van der Waals surface area (Å²) in [5.41, 5.74) is 2.33. The van der Waals surface area contributed by atoms with Gasteiger partial charge < -0.3 is 9.47 Å². The van der Waals surface area contributed by atoms with Crippen LogP contribution >= 0.6 is 0 Å². The second kappa shape index (κ2) is 5.87. The maximum atomic E-state index is 5.37. The topological polar surface area (TPSA) is 30.5 Å². The molecule has 0 heterocycles. The summed E-state index contributed by atoms with van der Waals surface area (Å²) in [4.78, 5) is 0. The maximum Gasteiger partial charge on any atom is 0.137 e. The molecule has 0 aliphatic carbocycles. The van der Waals surface area contributed by atoms with Crippen LogP contribution in [-0.2, 0) is 4.74 Å². The molecule has 0 aromatic heterocycles. The highest BCUT2D eigenvalue weighted by molar-refractivity contribution is 5.39. The fourth-order valence-corrected chi connectivity index (χ4v) is 1.72. The Morgan fingerprint density at radius 1 is 1.19 bits per heavy atom. The van der Waals surface area contributed by atoms with Crippen molar-refractivity contribution in [2.45, 2.75) is 26.0 Å². The second-order valence-corrected chi connectivity index (χ2v) is 4.06. The number of rotatable bonds is 5. The Balaban J connectivity index is 3.15. The Morgan fingerprint density at radius 2 is 1.88 bits per heavy atom. The summed E-state index contributed by atoms with van der Waals surface area (Å²) in [6.07, 6.45) is -0.131. The zero-order valence-electron chi connectivity index (χ0n) is 10.7. The fraction of sp³-hybridized carbons (Fsp3) is 0.538. The normalized spacial score (nSPS) is 12.9. The Hall–Kier alpha value is -1.06. The van der Waals surface area contributed by atoms with Gasteiger partial charge in [0.1, 0.15) is 12.0 Å². The van der Waals surface area contributed by atoms with Crippen LogP contribution in [0.25, 0.3) is 0 Å². The van der Waals surface area contributed by atoms with Crippen LogP contribution in [0.3, 0.4) is 0 Å². The molecule has 0 spiro atoms. The average Bonchev–Trinajstić information content (AvgIpc) is 2.30. The minimum absolute atomic E-state index is 0.131. The molecular formula is C13H21NO2. The summed E-state index contributed by atoms with van der Waals surface area (Å²) >= 11 is 0. The zero-order chi connectivity index (χ0) is 12.1. The van der Waals surface area contributed by atoms with E-state index in [4.69, 9.17) is 9.47 Å². The summed E-state index contributed by atoms with van der Waals surface area (Å²) in [7, 11) is 5.23. The summed E-state index contributed by atoms with van der Waals surface area (Å²) in [5, 5.41) is 3.11. The van der Waals surface area contributed by atoms with Gasteiger partial charge in [0.25, 0.3) is 0 Å². The molecule has 1 aromatic rings. The standard InChI is InChI=1S/C13H21NO2/c1-9(2)10-6-7-12(15-4)11(8-10)13(14-3)16-5/h6-9,13-14H,1-5H3. The number of benzene rings is 1.